The van der Waals surface area contributed by atoms with Crippen molar-refractivity contribution in [1.82, 2.24) is 40.0 Å². The van der Waals surface area contributed by atoms with Crippen LogP contribution in [0, 0.1) is 24.7 Å². The number of carbonyl (C=O) groups excluding carboxylic acids is 4. The fourth-order valence-corrected chi connectivity index (χ4v) is 13.6. The van der Waals surface area contributed by atoms with Gasteiger partial charge in [0.25, 0.3) is 5.82 Å². The summed E-state index contributed by atoms with van der Waals surface area (Å²) in [6.07, 6.45) is 11.3. The third kappa shape index (κ3) is 8.68. The molecule has 2 aliphatic carbocycles. The molecule has 5 fully saturated rings. The van der Waals surface area contributed by atoms with Crippen molar-refractivity contribution in [2.75, 3.05) is 27.4 Å². The van der Waals surface area contributed by atoms with Crippen molar-refractivity contribution in [3.63, 3.8) is 0 Å². The van der Waals surface area contributed by atoms with E-state index < -0.39 is 36.1 Å². The number of benzene rings is 2. The number of likely N-dealkylation sites (tertiary alicyclic amines) is 2. The van der Waals surface area contributed by atoms with Gasteiger partial charge < -0.3 is 44.4 Å². The molecule has 18 nitrogen and oxygen atoms in total. The number of aromatic nitrogens is 6. The van der Waals surface area contributed by atoms with Crippen molar-refractivity contribution in [3.05, 3.63) is 82.1 Å². The van der Waals surface area contributed by atoms with Crippen molar-refractivity contribution in [2.24, 2.45) is 17.8 Å². The van der Waals surface area contributed by atoms with Crippen molar-refractivity contribution in [1.29, 1.82) is 0 Å². The first-order valence-electron chi connectivity index (χ1n) is 26.3. The predicted molar refractivity (Wildman–Crippen MR) is 274 cm³/mol. The monoisotopic (exact) mass is 1030 g/mol. The zero-order chi connectivity index (χ0) is 51.3. The molecule has 19 heteroatoms. The Morgan fingerprint density at radius 2 is 1.72 bits per heavy atom. The Bertz CT molecular complexity index is 3190. The van der Waals surface area contributed by atoms with Crippen LogP contribution in [0.25, 0.3) is 44.7 Å². The molecular formula is C55H66N10O8S+2. The van der Waals surface area contributed by atoms with Gasteiger partial charge in [-0.2, -0.15) is 0 Å². The summed E-state index contributed by atoms with van der Waals surface area (Å²) in [4.78, 5) is 77.7. The Morgan fingerprint density at radius 1 is 0.905 bits per heavy atom. The van der Waals surface area contributed by atoms with Gasteiger partial charge in [-0.15, -0.1) is 0 Å². The van der Waals surface area contributed by atoms with Gasteiger partial charge in [0.2, 0.25) is 23.0 Å². The number of amides is 4. The summed E-state index contributed by atoms with van der Waals surface area (Å²) < 4.78 is 25.4. The standard InChI is InChI=1S/C55H64N10O8S/c1-27(2)45(61-53(68)70-6)50(66)63-15-8-9-38(63)47-56-25-36(60-47)32-17-28(3)44-40-20-33-18-30(12-13-37(33)65(40)52(73-42(44)22-32)43-26-58-49(74-43)29-10-11-29)35-24-57-48(59-35)41-21-34-19-39(34)64(41)51(67)46(62-54(69)71-7)31-14-16-72-55(4,5)23-31/h12-13,17-18,20,22,24-27,29,31,34,38-39,41,45-46,52H,8-11,14-16,19,21,23H2,1-7H3,(H,56,60)(H,57,59)(H,61,68)(H,62,69)/p+2/t31?,34-,38+,39-,41+,45+,46?,52?/m1/s1. The van der Waals surface area contributed by atoms with Gasteiger partial charge in [0.15, 0.2) is 11.9 Å². The summed E-state index contributed by atoms with van der Waals surface area (Å²) in [6.45, 7) is 11.1. The first-order chi connectivity index (χ1) is 35.7. The van der Waals surface area contributed by atoms with Crippen LogP contribution in [-0.4, -0.2) is 104 Å². The number of H-pyrrole nitrogens is 4. The molecule has 0 bridgehead atoms. The molecule has 3 saturated heterocycles. The van der Waals surface area contributed by atoms with Crippen molar-refractivity contribution >= 4 is 46.2 Å². The number of fused-ring (bicyclic) bond motifs is 6. The van der Waals surface area contributed by atoms with Gasteiger partial charge in [0.1, 0.15) is 40.8 Å². The van der Waals surface area contributed by atoms with Gasteiger partial charge in [-0.25, -0.2) is 29.5 Å². The van der Waals surface area contributed by atoms with Crippen LogP contribution in [0.1, 0.15) is 130 Å². The number of hydrogen-bond donors (Lipinski definition) is 4. The highest BCUT2D eigenvalue weighted by atomic mass is 32.1. The number of rotatable bonds is 12. The maximum Gasteiger partial charge on any atom is 0.407 e. The smallest absolute Gasteiger partial charge is 0.407 e. The van der Waals surface area contributed by atoms with Crippen LogP contribution in [0.15, 0.2) is 55.0 Å². The molecule has 388 valence electrons. The topological polar surface area (TPSA) is 213 Å². The van der Waals surface area contributed by atoms with Gasteiger partial charge in [0, 0.05) is 41.3 Å². The van der Waals surface area contributed by atoms with E-state index in [0.717, 1.165) is 92.4 Å². The molecule has 6 aromatic rings. The third-order valence-electron chi connectivity index (χ3n) is 16.4. The minimum atomic E-state index is -0.724. The molecule has 4 aromatic heterocycles. The number of nitrogens with zero attached hydrogens (tertiary/aromatic N) is 4. The van der Waals surface area contributed by atoms with Crippen molar-refractivity contribution in [2.45, 2.75) is 134 Å². The molecule has 2 aromatic carbocycles. The Hall–Kier alpha value is -6.73. The lowest BCUT2D eigenvalue weighted by Crippen LogP contribution is -2.55. The van der Waals surface area contributed by atoms with E-state index >= 15 is 0 Å². The maximum absolute atomic E-state index is 14.7. The van der Waals surface area contributed by atoms with Crippen LogP contribution in [0.2, 0.25) is 0 Å². The lowest BCUT2D eigenvalue weighted by molar-refractivity contribution is -0.393. The Morgan fingerprint density at radius 3 is 2.49 bits per heavy atom. The van der Waals surface area contributed by atoms with Crippen LogP contribution >= 0.6 is 11.3 Å². The van der Waals surface area contributed by atoms with Crippen LogP contribution in [0.3, 0.4) is 0 Å². The molecule has 4 aliphatic heterocycles. The number of nitrogens with one attached hydrogen (secondary N) is 6. The van der Waals surface area contributed by atoms with E-state index in [9.17, 15) is 19.2 Å². The number of ether oxygens (including phenoxy) is 4. The average Bonchev–Trinajstić information content (AvgIpc) is 3.85. The van der Waals surface area contributed by atoms with E-state index in [4.69, 9.17) is 23.9 Å². The van der Waals surface area contributed by atoms with Crippen molar-refractivity contribution < 1.29 is 48.1 Å². The number of aryl methyl sites for hydroxylation is 1. The molecule has 74 heavy (non-hydrogen) atoms. The van der Waals surface area contributed by atoms with Gasteiger partial charge in [-0.05, 0) is 132 Å². The van der Waals surface area contributed by atoms with Gasteiger partial charge in [0.05, 0.1) is 54.9 Å². The largest absolute Gasteiger partial charge is 0.464 e. The Labute approximate surface area is 433 Å². The van der Waals surface area contributed by atoms with Crippen LogP contribution in [-0.2, 0) is 23.8 Å². The average molecular weight is 1030 g/mol. The summed E-state index contributed by atoms with van der Waals surface area (Å²) in [7, 11) is 2.63. The number of carbonyl (C=O) groups is 4. The normalized spacial score (nSPS) is 24.4. The molecule has 0 spiro atoms. The molecule has 4 amide bonds. The second-order valence-corrected chi connectivity index (χ2v) is 23.4. The fraction of sp³-hybridized carbons (Fsp3) is 0.509. The minimum absolute atomic E-state index is 0.0729. The summed E-state index contributed by atoms with van der Waals surface area (Å²) in [5.74, 6) is 2.86. The van der Waals surface area contributed by atoms with E-state index in [-0.39, 0.29) is 41.8 Å². The van der Waals surface area contributed by atoms with Crippen molar-refractivity contribution in [3.8, 4) is 39.5 Å². The zero-order valence-electron chi connectivity index (χ0n) is 43.0. The zero-order valence-corrected chi connectivity index (χ0v) is 43.8. The SMILES string of the molecule is COC(=O)NC(C(=O)N1[C@@H]2C[C@@H]2C[C@H]1c1[nH]c(-c2ccc3c(c2)cc2n3C(c3c[nH+]c(C4CC4)s3)Oc3cc(-c4cnc([C@@H]5CCCN5C(=O)[C@@H](NC(=O)OC)C(C)C)[nH]4)cc(C)c3-2)c[nH+]1)C1CCOC(C)(C)C1. The van der Waals surface area contributed by atoms with E-state index in [1.54, 1.807) is 11.3 Å². The van der Waals surface area contributed by atoms with Gasteiger partial charge in [-0.3, -0.25) is 14.2 Å². The molecule has 6 N–H and O–H groups in total. The summed E-state index contributed by atoms with van der Waals surface area (Å²) in [5, 5.41) is 8.00. The number of methoxy groups -OCH3 is 2. The lowest BCUT2D eigenvalue weighted by Gasteiger charge is -2.40. The highest BCUT2D eigenvalue weighted by Gasteiger charge is 2.58. The molecule has 3 unspecified atom stereocenters. The summed E-state index contributed by atoms with van der Waals surface area (Å²) in [6, 6.07) is 11.3. The molecule has 2 saturated carbocycles. The highest BCUT2D eigenvalue weighted by molar-refractivity contribution is 7.11. The van der Waals surface area contributed by atoms with Crippen LogP contribution < -0.4 is 25.3 Å². The number of aromatic amines is 4. The Balaban J connectivity index is 0.849. The molecular weight excluding hydrogens is 961 g/mol. The second kappa shape index (κ2) is 18.6. The number of hydrogen-bond acceptors (Lipinski definition) is 10. The highest BCUT2D eigenvalue weighted by Crippen LogP contribution is 2.54. The second-order valence-electron chi connectivity index (χ2n) is 22.2. The number of thiazole rings is 1. The molecule has 6 aliphatic rings. The molecule has 8 atom stereocenters. The van der Waals surface area contributed by atoms with Gasteiger partial charge >= 0.3 is 12.2 Å². The first kappa shape index (κ1) is 48.2. The molecule has 12 rings (SSSR count). The van der Waals surface area contributed by atoms with E-state index in [1.165, 1.54) is 32.1 Å². The lowest BCUT2D eigenvalue weighted by atomic mass is 9.82. The number of alkyl carbamates (subject to hydrolysis) is 2. The maximum atomic E-state index is 14.7. The van der Waals surface area contributed by atoms with E-state index in [2.05, 4.69) is 84.7 Å². The third-order valence-corrected chi connectivity index (χ3v) is 17.6. The van der Waals surface area contributed by atoms with E-state index in [1.807, 2.05) is 49.9 Å². The van der Waals surface area contributed by atoms with E-state index in [0.29, 0.717) is 43.7 Å². The molecule has 8 heterocycles. The van der Waals surface area contributed by atoms with Crippen LogP contribution in [0.5, 0.6) is 5.75 Å². The minimum Gasteiger partial charge on any atom is -0.464 e. The summed E-state index contributed by atoms with van der Waals surface area (Å²) in [5.41, 5.74) is 7.41. The summed E-state index contributed by atoms with van der Waals surface area (Å²) >= 11 is 1.78. The fourth-order valence-electron chi connectivity index (χ4n) is 12.4. The number of piperidine rings is 1. The number of imidazole rings is 2. The first-order valence-corrected chi connectivity index (χ1v) is 27.1. The Kier molecular flexibility index (Phi) is 12.1. The van der Waals surface area contributed by atoms with Gasteiger partial charge in [-0.1, -0.05) is 25.2 Å². The predicted octanol–water partition coefficient (Wildman–Crippen LogP) is 8.14. The molecule has 0 radical (unpaired) electrons. The quantitative estimate of drug-likeness (QED) is 0.0930. The van der Waals surface area contributed by atoms with Crippen LogP contribution in [0.4, 0.5) is 9.59 Å².